The average Bonchev–Trinajstić information content (AvgIpc) is 2.46. The standard InChI is InChI=1S/C10H12N2O2/c1-6(2)12-9-7(10(14)11-12)4-3-5-8(9)13/h3-6,13H,1-2H3,(H,11,14). The van der Waals surface area contributed by atoms with Crippen molar-refractivity contribution in [1.29, 1.82) is 0 Å². The molecule has 0 aliphatic rings. The Morgan fingerprint density at radius 1 is 1.43 bits per heavy atom. The molecule has 0 bridgehead atoms. The van der Waals surface area contributed by atoms with Crippen LogP contribution in [-0.4, -0.2) is 14.9 Å². The van der Waals surface area contributed by atoms with Gasteiger partial charge in [0, 0.05) is 6.04 Å². The van der Waals surface area contributed by atoms with Crippen LogP contribution < -0.4 is 5.56 Å². The molecule has 2 N–H and O–H groups in total. The third kappa shape index (κ3) is 1.11. The van der Waals surface area contributed by atoms with E-state index in [0.717, 1.165) is 0 Å². The molecular formula is C10H12N2O2. The van der Waals surface area contributed by atoms with Crippen molar-refractivity contribution in [2.75, 3.05) is 0 Å². The van der Waals surface area contributed by atoms with Crippen molar-refractivity contribution in [3.63, 3.8) is 0 Å². The van der Waals surface area contributed by atoms with Crippen LogP contribution in [0.4, 0.5) is 0 Å². The predicted molar refractivity (Wildman–Crippen MR) is 54.6 cm³/mol. The van der Waals surface area contributed by atoms with Crippen molar-refractivity contribution < 1.29 is 5.11 Å². The number of hydrogen-bond acceptors (Lipinski definition) is 2. The molecule has 1 heterocycles. The minimum absolute atomic E-state index is 0.119. The van der Waals surface area contributed by atoms with Crippen LogP contribution in [0.2, 0.25) is 0 Å². The quantitative estimate of drug-likeness (QED) is 0.721. The highest BCUT2D eigenvalue weighted by Gasteiger charge is 2.11. The number of hydrogen-bond donors (Lipinski definition) is 2. The summed E-state index contributed by atoms with van der Waals surface area (Å²) < 4.78 is 1.67. The number of para-hydroxylation sites is 1. The summed E-state index contributed by atoms with van der Waals surface area (Å²) in [5.41, 5.74) is 0.414. The van der Waals surface area contributed by atoms with Gasteiger partial charge in [0.25, 0.3) is 5.56 Å². The van der Waals surface area contributed by atoms with E-state index < -0.39 is 0 Å². The lowest BCUT2D eigenvalue weighted by molar-refractivity contribution is 0.469. The summed E-state index contributed by atoms with van der Waals surface area (Å²) in [6.45, 7) is 3.89. The molecule has 74 valence electrons. The molecule has 0 fully saturated rings. The van der Waals surface area contributed by atoms with E-state index in [2.05, 4.69) is 5.10 Å². The normalized spacial score (nSPS) is 11.4. The number of nitrogens with one attached hydrogen (secondary N) is 1. The van der Waals surface area contributed by atoms with Gasteiger partial charge in [0.2, 0.25) is 0 Å². The van der Waals surface area contributed by atoms with Gasteiger partial charge in [-0.05, 0) is 26.0 Å². The van der Waals surface area contributed by atoms with E-state index >= 15 is 0 Å². The highest BCUT2D eigenvalue weighted by Crippen LogP contribution is 2.23. The van der Waals surface area contributed by atoms with E-state index in [1.807, 2.05) is 13.8 Å². The van der Waals surface area contributed by atoms with Crippen molar-refractivity contribution >= 4 is 10.9 Å². The summed E-state index contributed by atoms with van der Waals surface area (Å²) in [6, 6.07) is 5.06. The summed E-state index contributed by atoms with van der Waals surface area (Å²) in [4.78, 5) is 11.5. The van der Waals surface area contributed by atoms with Gasteiger partial charge >= 0.3 is 0 Å². The van der Waals surface area contributed by atoms with Crippen molar-refractivity contribution in [1.82, 2.24) is 9.78 Å². The summed E-state index contributed by atoms with van der Waals surface area (Å²) in [5.74, 6) is 0.134. The monoisotopic (exact) mass is 192 g/mol. The number of fused-ring (bicyclic) bond motifs is 1. The molecule has 14 heavy (non-hydrogen) atoms. The van der Waals surface area contributed by atoms with Crippen LogP contribution in [0.5, 0.6) is 5.75 Å². The van der Waals surface area contributed by atoms with Gasteiger partial charge in [-0.2, -0.15) is 0 Å². The van der Waals surface area contributed by atoms with E-state index in [1.54, 1.807) is 22.9 Å². The molecule has 0 amide bonds. The van der Waals surface area contributed by atoms with Crippen molar-refractivity contribution in [3.8, 4) is 5.75 Å². The van der Waals surface area contributed by atoms with Crippen LogP contribution >= 0.6 is 0 Å². The molecule has 0 unspecified atom stereocenters. The molecule has 0 atom stereocenters. The molecule has 0 radical (unpaired) electrons. The van der Waals surface area contributed by atoms with Gasteiger partial charge in [-0.3, -0.25) is 14.6 Å². The summed E-state index contributed by atoms with van der Waals surface area (Å²) >= 11 is 0. The minimum Gasteiger partial charge on any atom is -0.506 e. The number of nitrogens with zero attached hydrogens (tertiary/aromatic N) is 1. The van der Waals surface area contributed by atoms with Crippen LogP contribution in [0, 0.1) is 0 Å². The molecule has 1 aromatic carbocycles. The zero-order valence-electron chi connectivity index (χ0n) is 8.11. The maximum absolute atomic E-state index is 11.5. The largest absolute Gasteiger partial charge is 0.506 e. The van der Waals surface area contributed by atoms with Crippen LogP contribution in [0.25, 0.3) is 10.9 Å². The van der Waals surface area contributed by atoms with Crippen LogP contribution in [0.1, 0.15) is 19.9 Å². The second-order valence-electron chi connectivity index (χ2n) is 3.58. The predicted octanol–water partition coefficient (Wildman–Crippen LogP) is 1.62. The fraction of sp³-hybridized carbons (Fsp3) is 0.300. The Bertz CT molecular complexity index is 522. The third-order valence-electron chi connectivity index (χ3n) is 2.24. The molecule has 0 spiro atoms. The lowest BCUT2D eigenvalue weighted by Crippen LogP contribution is -2.07. The lowest BCUT2D eigenvalue weighted by Gasteiger charge is -2.08. The van der Waals surface area contributed by atoms with E-state index in [1.165, 1.54) is 0 Å². The molecule has 2 aromatic rings. The Morgan fingerprint density at radius 2 is 2.14 bits per heavy atom. The number of aromatic nitrogens is 2. The molecule has 0 saturated heterocycles. The number of phenolic OH excluding ortho intramolecular Hbond substituents is 1. The van der Waals surface area contributed by atoms with Gasteiger partial charge in [0.1, 0.15) is 11.3 Å². The van der Waals surface area contributed by atoms with Gasteiger partial charge in [-0.1, -0.05) is 6.07 Å². The Hall–Kier alpha value is -1.71. The SMILES string of the molecule is CC(C)n1[nH]c(=O)c2cccc(O)c21. The minimum atomic E-state index is -0.162. The summed E-state index contributed by atoms with van der Waals surface area (Å²) in [6.07, 6.45) is 0. The lowest BCUT2D eigenvalue weighted by atomic mass is 10.2. The maximum atomic E-state index is 11.5. The fourth-order valence-corrected chi connectivity index (χ4v) is 1.58. The Labute approximate surface area is 80.8 Å². The van der Waals surface area contributed by atoms with E-state index in [4.69, 9.17) is 0 Å². The molecule has 1 aromatic heterocycles. The van der Waals surface area contributed by atoms with Crippen LogP contribution in [0.3, 0.4) is 0 Å². The molecule has 0 saturated carbocycles. The summed E-state index contributed by atoms with van der Waals surface area (Å²) in [7, 11) is 0. The molecule has 4 nitrogen and oxygen atoms in total. The number of rotatable bonds is 1. The first kappa shape index (κ1) is 8.87. The molecule has 4 heteroatoms. The number of phenols is 1. The van der Waals surface area contributed by atoms with Gasteiger partial charge in [0.05, 0.1) is 5.39 Å². The maximum Gasteiger partial charge on any atom is 0.272 e. The molecule has 2 rings (SSSR count). The Kier molecular flexibility index (Phi) is 1.84. The second kappa shape index (κ2) is 2.90. The zero-order valence-corrected chi connectivity index (χ0v) is 8.11. The fourth-order valence-electron chi connectivity index (χ4n) is 1.58. The average molecular weight is 192 g/mol. The highest BCUT2D eigenvalue weighted by molar-refractivity contribution is 5.84. The summed E-state index contributed by atoms with van der Waals surface area (Å²) in [5, 5.41) is 12.9. The first-order valence-electron chi connectivity index (χ1n) is 4.53. The number of H-pyrrole nitrogens is 1. The zero-order chi connectivity index (χ0) is 10.3. The first-order chi connectivity index (χ1) is 6.61. The van der Waals surface area contributed by atoms with E-state index in [0.29, 0.717) is 10.9 Å². The van der Waals surface area contributed by atoms with Gasteiger partial charge in [0.15, 0.2) is 0 Å². The number of aromatic amines is 1. The Morgan fingerprint density at radius 3 is 2.79 bits per heavy atom. The van der Waals surface area contributed by atoms with Gasteiger partial charge < -0.3 is 5.11 Å². The number of aromatic hydroxyl groups is 1. The van der Waals surface area contributed by atoms with E-state index in [-0.39, 0.29) is 17.4 Å². The molecular weight excluding hydrogens is 180 g/mol. The number of benzene rings is 1. The second-order valence-corrected chi connectivity index (χ2v) is 3.58. The third-order valence-corrected chi connectivity index (χ3v) is 2.24. The van der Waals surface area contributed by atoms with Crippen LogP contribution in [0.15, 0.2) is 23.0 Å². The first-order valence-corrected chi connectivity index (χ1v) is 4.53. The van der Waals surface area contributed by atoms with Crippen molar-refractivity contribution in [2.24, 2.45) is 0 Å². The van der Waals surface area contributed by atoms with Gasteiger partial charge in [-0.15, -0.1) is 0 Å². The molecule has 0 aliphatic heterocycles. The van der Waals surface area contributed by atoms with E-state index in [9.17, 15) is 9.90 Å². The Balaban J connectivity index is 2.93. The molecule has 0 aliphatic carbocycles. The van der Waals surface area contributed by atoms with Crippen molar-refractivity contribution in [2.45, 2.75) is 19.9 Å². The van der Waals surface area contributed by atoms with Gasteiger partial charge in [-0.25, -0.2) is 0 Å². The highest BCUT2D eigenvalue weighted by atomic mass is 16.3. The van der Waals surface area contributed by atoms with Crippen LogP contribution in [-0.2, 0) is 0 Å². The van der Waals surface area contributed by atoms with Crippen molar-refractivity contribution in [3.05, 3.63) is 28.6 Å². The smallest absolute Gasteiger partial charge is 0.272 e. The topological polar surface area (TPSA) is 58.0 Å².